The van der Waals surface area contributed by atoms with E-state index in [1.54, 1.807) is 35.6 Å². The van der Waals surface area contributed by atoms with Crippen molar-refractivity contribution in [2.45, 2.75) is 6.61 Å². The van der Waals surface area contributed by atoms with Gasteiger partial charge in [-0.25, -0.2) is 14.0 Å². The van der Waals surface area contributed by atoms with Crippen molar-refractivity contribution in [2.75, 3.05) is 6.61 Å². The Morgan fingerprint density at radius 2 is 1.82 bits per heavy atom. The van der Waals surface area contributed by atoms with Crippen LogP contribution in [0.15, 0.2) is 48.5 Å². The molecule has 2 aromatic carbocycles. The largest absolute Gasteiger partial charge is 0.489 e. The number of carbonyl (C=O) groups is 3. The van der Waals surface area contributed by atoms with Crippen molar-refractivity contribution in [1.82, 2.24) is 5.32 Å². The molecule has 0 fully saturated rings. The first-order chi connectivity index (χ1) is 13.5. The van der Waals surface area contributed by atoms with E-state index in [-0.39, 0.29) is 16.9 Å². The van der Waals surface area contributed by atoms with Gasteiger partial charge in [0.1, 0.15) is 23.1 Å². The van der Waals surface area contributed by atoms with Crippen LogP contribution in [0.5, 0.6) is 5.75 Å². The van der Waals surface area contributed by atoms with Crippen LogP contribution < -0.4 is 15.8 Å². The van der Waals surface area contributed by atoms with Gasteiger partial charge in [0.05, 0.1) is 0 Å². The zero-order valence-electron chi connectivity index (χ0n) is 14.4. The lowest BCUT2D eigenvalue weighted by atomic mass is 10.1. The predicted molar refractivity (Wildman–Crippen MR) is 101 cm³/mol. The lowest BCUT2D eigenvalue weighted by molar-refractivity contribution is -0.123. The topological polar surface area (TPSA) is 108 Å². The van der Waals surface area contributed by atoms with Crippen LogP contribution >= 0.6 is 11.3 Å². The molecule has 28 heavy (non-hydrogen) atoms. The van der Waals surface area contributed by atoms with Gasteiger partial charge in [-0.1, -0.05) is 24.3 Å². The molecule has 0 bridgehead atoms. The molecule has 0 saturated carbocycles. The number of hydrogen-bond donors (Lipinski definition) is 2. The van der Waals surface area contributed by atoms with E-state index in [9.17, 15) is 18.8 Å². The Kier molecular flexibility index (Phi) is 5.85. The highest BCUT2D eigenvalue weighted by Gasteiger charge is 2.23. The van der Waals surface area contributed by atoms with Crippen molar-refractivity contribution in [2.24, 2.45) is 5.73 Å². The van der Waals surface area contributed by atoms with Gasteiger partial charge in [0.25, 0.3) is 5.91 Å². The number of urea groups is 1. The summed E-state index contributed by atoms with van der Waals surface area (Å²) in [5.41, 5.74) is 5.15. The number of amides is 3. The lowest BCUT2D eigenvalue weighted by Crippen LogP contribution is -2.37. The molecule has 3 amide bonds. The number of imide groups is 1. The van der Waals surface area contributed by atoms with Gasteiger partial charge in [0.15, 0.2) is 6.61 Å². The third-order valence-corrected chi connectivity index (χ3v) is 4.85. The second-order valence-electron chi connectivity index (χ2n) is 5.61. The van der Waals surface area contributed by atoms with Gasteiger partial charge in [0.2, 0.25) is 0 Å². The Balaban J connectivity index is 1.86. The molecule has 0 atom stereocenters. The molecule has 0 unspecified atom stereocenters. The average Bonchev–Trinajstić information content (AvgIpc) is 3.05. The lowest BCUT2D eigenvalue weighted by Gasteiger charge is -2.08. The van der Waals surface area contributed by atoms with Crippen LogP contribution in [0.1, 0.15) is 15.2 Å². The fourth-order valence-corrected chi connectivity index (χ4v) is 3.63. The minimum Gasteiger partial charge on any atom is -0.489 e. The maximum atomic E-state index is 14.4. The quantitative estimate of drug-likeness (QED) is 0.617. The number of nitrogens with one attached hydrogen (secondary N) is 1. The van der Waals surface area contributed by atoms with Gasteiger partial charge < -0.3 is 15.2 Å². The number of ether oxygens (including phenoxy) is 2. The van der Waals surface area contributed by atoms with Gasteiger partial charge in [-0.2, -0.15) is 0 Å². The molecule has 0 aliphatic rings. The number of esters is 1. The van der Waals surface area contributed by atoms with Crippen LogP contribution in [0.3, 0.4) is 0 Å². The standard InChI is InChI=1S/C19H15FN2O5S/c20-13-7-4-8-14-16(13)12(9-26-11-5-2-1-3-6-11)17(28-14)18(24)27-10-15(23)22-19(21)25/h1-8H,9-10H2,(H3,21,22,23,25). The van der Waals surface area contributed by atoms with Crippen molar-refractivity contribution in [1.29, 1.82) is 0 Å². The highest BCUT2D eigenvalue weighted by atomic mass is 32.1. The summed E-state index contributed by atoms with van der Waals surface area (Å²) in [6.45, 7) is -0.764. The third kappa shape index (κ3) is 4.44. The van der Waals surface area contributed by atoms with E-state index in [0.717, 1.165) is 11.3 Å². The molecule has 3 N–H and O–H groups in total. The number of carbonyl (C=O) groups excluding carboxylic acids is 3. The molecule has 0 saturated heterocycles. The number of thiophene rings is 1. The van der Waals surface area contributed by atoms with E-state index in [0.29, 0.717) is 16.0 Å². The van der Waals surface area contributed by atoms with E-state index < -0.39 is 30.3 Å². The van der Waals surface area contributed by atoms with Crippen molar-refractivity contribution >= 4 is 39.3 Å². The van der Waals surface area contributed by atoms with E-state index in [1.807, 2.05) is 6.07 Å². The molecule has 0 radical (unpaired) electrons. The molecular formula is C19H15FN2O5S. The Morgan fingerprint density at radius 1 is 1.07 bits per heavy atom. The van der Waals surface area contributed by atoms with Crippen LogP contribution in [0.4, 0.5) is 9.18 Å². The molecule has 0 aliphatic carbocycles. The summed E-state index contributed by atoms with van der Waals surface area (Å²) in [4.78, 5) is 34.7. The van der Waals surface area contributed by atoms with Gasteiger partial charge in [0, 0.05) is 15.6 Å². The highest BCUT2D eigenvalue weighted by molar-refractivity contribution is 7.21. The molecule has 9 heteroatoms. The zero-order valence-corrected chi connectivity index (χ0v) is 15.3. The molecule has 0 spiro atoms. The second-order valence-corrected chi connectivity index (χ2v) is 6.67. The number of rotatable bonds is 6. The van der Waals surface area contributed by atoms with E-state index >= 15 is 0 Å². The smallest absolute Gasteiger partial charge is 0.349 e. The first-order valence-electron chi connectivity index (χ1n) is 8.10. The molecule has 144 valence electrons. The van der Waals surface area contributed by atoms with Gasteiger partial charge in [-0.3, -0.25) is 10.1 Å². The maximum absolute atomic E-state index is 14.4. The van der Waals surface area contributed by atoms with Crippen molar-refractivity contribution < 1.29 is 28.2 Å². The highest BCUT2D eigenvalue weighted by Crippen LogP contribution is 2.34. The number of nitrogens with two attached hydrogens (primary N) is 1. The fourth-order valence-electron chi connectivity index (χ4n) is 2.51. The SMILES string of the molecule is NC(=O)NC(=O)COC(=O)c1sc2cccc(F)c2c1COc1ccccc1. The molecule has 1 heterocycles. The van der Waals surface area contributed by atoms with Crippen LogP contribution in [-0.2, 0) is 16.1 Å². The number of primary amides is 1. The minimum absolute atomic E-state index is 0.0666. The van der Waals surface area contributed by atoms with Crippen LogP contribution in [0.25, 0.3) is 10.1 Å². The molecule has 3 rings (SSSR count). The number of fused-ring (bicyclic) bond motifs is 1. The monoisotopic (exact) mass is 402 g/mol. The predicted octanol–water partition coefficient (Wildman–Crippen LogP) is 2.97. The molecule has 1 aromatic heterocycles. The summed E-state index contributed by atoms with van der Waals surface area (Å²) >= 11 is 1.03. The summed E-state index contributed by atoms with van der Waals surface area (Å²) in [5.74, 6) is -1.63. The van der Waals surface area contributed by atoms with Crippen LogP contribution in [0, 0.1) is 5.82 Å². The number of benzene rings is 2. The summed E-state index contributed by atoms with van der Waals surface area (Å²) in [6.07, 6.45) is 0. The minimum atomic E-state index is -1.05. The van der Waals surface area contributed by atoms with E-state index in [4.69, 9.17) is 15.2 Å². The second kappa shape index (κ2) is 8.49. The van der Waals surface area contributed by atoms with Crippen LogP contribution in [0.2, 0.25) is 0 Å². The average molecular weight is 402 g/mol. The number of hydrogen-bond acceptors (Lipinski definition) is 6. The normalized spacial score (nSPS) is 10.5. The summed E-state index contributed by atoms with van der Waals surface area (Å²) < 4.78 is 25.5. The van der Waals surface area contributed by atoms with Crippen molar-refractivity contribution in [3.63, 3.8) is 0 Å². The summed E-state index contributed by atoms with van der Waals surface area (Å²) in [5, 5.41) is 2.05. The van der Waals surface area contributed by atoms with Gasteiger partial charge in [-0.05, 0) is 24.3 Å². The molecule has 3 aromatic rings. The first-order valence-corrected chi connectivity index (χ1v) is 8.91. The molecule has 7 nitrogen and oxygen atoms in total. The van der Waals surface area contributed by atoms with Gasteiger partial charge in [-0.15, -0.1) is 11.3 Å². The first kappa shape index (κ1) is 19.3. The zero-order chi connectivity index (χ0) is 20.1. The van der Waals surface area contributed by atoms with Crippen molar-refractivity contribution in [3.05, 3.63) is 64.8 Å². The maximum Gasteiger partial charge on any atom is 0.349 e. The fraction of sp³-hybridized carbons (Fsp3) is 0.105. The van der Waals surface area contributed by atoms with Crippen molar-refractivity contribution in [3.8, 4) is 5.75 Å². The molecule has 0 aliphatic heterocycles. The Morgan fingerprint density at radius 3 is 2.54 bits per heavy atom. The Hall–Kier alpha value is -3.46. The Labute approximate surface area is 162 Å². The summed E-state index contributed by atoms with van der Waals surface area (Å²) in [7, 11) is 0. The third-order valence-electron chi connectivity index (χ3n) is 3.67. The van der Waals surface area contributed by atoms with E-state index in [2.05, 4.69) is 0 Å². The van der Waals surface area contributed by atoms with Gasteiger partial charge >= 0.3 is 12.0 Å². The van der Waals surface area contributed by atoms with E-state index in [1.165, 1.54) is 12.1 Å². The summed E-state index contributed by atoms with van der Waals surface area (Å²) in [6, 6.07) is 12.3. The van der Waals surface area contributed by atoms with Crippen LogP contribution in [-0.4, -0.2) is 24.5 Å². The number of halogens is 1. The number of para-hydroxylation sites is 1. The molecular weight excluding hydrogens is 387 g/mol. The Bertz CT molecular complexity index is 1040.